The number of rotatable bonds is 0. The van der Waals surface area contributed by atoms with Crippen LogP contribution in [0.4, 0.5) is 0 Å². The lowest BCUT2D eigenvalue weighted by molar-refractivity contribution is 1.15. The first-order valence-corrected chi connectivity index (χ1v) is 3.73. The molecule has 0 spiro atoms. The largest absolute Gasteiger partial charge is 0.305 e. The molecule has 0 fully saturated rings. The molecule has 0 saturated carbocycles. The summed E-state index contributed by atoms with van der Waals surface area (Å²) in [5.41, 5.74) is 1.11. The second-order valence-electron chi connectivity index (χ2n) is 2.07. The molecule has 0 atom stereocenters. The van der Waals surface area contributed by atoms with Gasteiger partial charge in [0.1, 0.15) is 0 Å². The number of hydrogen-bond acceptors (Lipinski definition) is 1. The fourth-order valence-corrected chi connectivity index (χ4v) is 1.25. The van der Waals surface area contributed by atoms with Crippen LogP contribution in [0, 0.1) is 0 Å². The molecule has 3 heteroatoms. The Hall–Kier alpha value is -0.830. The monoisotopic (exact) mass is 196 g/mol. The van der Waals surface area contributed by atoms with Gasteiger partial charge in [-0.15, -0.1) is 0 Å². The fourth-order valence-electron chi connectivity index (χ4n) is 0.893. The van der Waals surface area contributed by atoms with Crippen molar-refractivity contribution in [3.05, 3.63) is 35.3 Å². The van der Waals surface area contributed by atoms with Gasteiger partial charge >= 0.3 is 0 Å². The van der Waals surface area contributed by atoms with Crippen molar-refractivity contribution in [2.45, 2.75) is 0 Å². The van der Waals surface area contributed by atoms with E-state index in [0.717, 1.165) is 9.99 Å². The van der Waals surface area contributed by atoms with Crippen molar-refractivity contribution in [2.24, 2.45) is 0 Å². The second-order valence-corrected chi connectivity index (χ2v) is 2.99. The van der Waals surface area contributed by atoms with E-state index in [2.05, 4.69) is 20.9 Å². The Morgan fingerprint density at radius 1 is 1.40 bits per heavy atom. The number of imidazole rings is 1. The molecule has 2 rings (SSSR count). The Labute approximate surface area is 66.6 Å². The third-order valence-corrected chi connectivity index (χ3v) is 1.84. The van der Waals surface area contributed by atoms with Crippen LogP contribution in [0.5, 0.6) is 0 Å². The van der Waals surface area contributed by atoms with Crippen LogP contribution in [0.25, 0.3) is 5.52 Å². The standard InChI is InChI=1S/C7H5BrN2/c8-6-1-2-7-3-9-5-10(7)4-6/h1-5H. The summed E-state index contributed by atoms with van der Waals surface area (Å²) in [7, 11) is 0. The van der Waals surface area contributed by atoms with Gasteiger partial charge in [-0.2, -0.15) is 0 Å². The average Bonchev–Trinajstić information content (AvgIpc) is 2.33. The van der Waals surface area contributed by atoms with Crippen molar-refractivity contribution in [1.82, 2.24) is 9.38 Å². The van der Waals surface area contributed by atoms with Gasteiger partial charge in [0.05, 0.1) is 18.0 Å². The molecular formula is C7H5BrN2. The number of hydrogen-bond donors (Lipinski definition) is 0. The Morgan fingerprint density at radius 3 is 3.20 bits per heavy atom. The Kier molecular flexibility index (Phi) is 1.24. The van der Waals surface area contributed by atoms with E-state index in [4.69, 9.17) is 0 Å². The summed E-state index contributed by atoms with van der Waals surface area (Å²) in [6.07, 6.45) is 5.58. The summed E-state index contributed by atoms with van der Waals surface area (Å²) in [6, 6.07) is 4.01. The Bertz CT molecular complexity index is 353. The molecule has 2 aromatic rings. The van der Waals surface area contributed by atoms with Crippen LogP contribution >= 0.6 is 15.9 Å². The van der Waals surface area contributed by atoms with Crippen LogP contribution in [-0.2, 0) is 0 Å². The van der Waals surface area contributed by atoms with E-state index < -0.39 is 0 Å². The Balaban J connectivity index is 2.86. The first kappa shape index (κ1) is 5.92. The maximum Gasteiger partial charge on any atom is 0.0992 e. The highest BCUT2D eigenvalue weighted by molar-refractivity contribution is 9.10. The van der Waals surface area contributed by atoms with Gasteiger partial charge in [0, 0.05) is 10.7 Å². The first-order chi connectivity index (χ1) is 4.86. The summed E-state index contributed by atoms with van der Waals surface area (Å²) in [4.78, 5) is 3.98. The highest BCUT2D eigenvalue weighted by Gasteiger charge is 1.90. The van der Waals surface area contributed by atoms with Gasteiger partial charge in [0.2, 0.25) is 0 Å². The van der Waals surface area contributed by atoms with Crippen molar-refractivity contribution in [3.63, 3.8) is 0 Å². The fraction of sp³-hybridized carbons (Fsp3) is 0. The zero-order valence-electron chi connectivity index (χ0n) is 5.16. The van der Waals surface area contributed by atoms with Crippen molar-refractivity contribution < 1.29 is 0 Å². The smallest absolute Gasteiger partial charge is 0.0992 e. The minimum absolute atomic E-state index is 1.07. The molecule has 50 valence electrons. The van der Waals surface area contributed by atoms with Crippen molar-refractivity contribution in [3.8, 4) is 0 Å². The molecule has 0 N–H and O–H groups in total. The lowest BCUT2D eigenvalue weighted by atomic mass is 10.4. The molecule has 0 amide bonds. The first-order valence-electron chi connectivity index (χ1n) is 2.93. The van der Waals surface area contributed by atoms with Crippen LogP contribution in [0.15, 0.2) is 35.3 Å². The van der Waals surface area contributed by atoms with Gasteiger partial charge in [-0.25, -0.2) is 4.98 Å². The van der Waals surface area contributed by atoms with Crippen LogP contribution in [0.1, 0.15) is 0 Å². The van der Waals surface area contributed by atoms with Gasteiger partial charge in [-0.05, 0) is 28.1 Å². The normalized spacial score (nSPS) is 10.5. The molecule has 2 nitrogen and oxygen atoms in total. The maximum atomic E-state index is 3.98. The zero-order valence-corrected chi connectivity index (χ0v) is 6.75. The Morgan fingerprint density at radius 2 is 2.30 bits per heavy atom. The van der Waals surface area contributed by atoms with E-state index in [1.807, 2.05) is 28.9 Å². The number of nitrogens with zero attached hydrogens (tertiary/aromatic N) is 2. The molecule has 0 aliphatic rings. The van der Waals surface area contributed by atoms with Gasteiger partial charge in [0.15, 0.2) is 0 Å². The quantitative estimate of drug-likeness (QED) is 0.632. The van der Waals surface area contributed by atoms with E-state index in [0.29, 0.717) is 0 Å². The van der Waals surface area contributed by atoms with Gasteiger partial charge < -0.3 is 4.40 Å². The molecule has 2 aromatic heterocycles. The SMILES string of the molecule is Brc1ccc2cncn2c1. The second kappa shape index (κ2) is 2.09. The van der Waals surface area contributed by atoms with Crippen LogP contribution in [0.3, 0.4) is 0 Å². The maximum absolute atomic E-state index is 3.98. The van der Waals surface area contributed by atoms with Crippen molar-refractivity contribution >= 4 is 21.4 Å². The molecular weight excluding hydrogens is 192 g/mol. The van der Waals surface area contributed by atoms with E-state index in [1.54, 1.807) is 6.33 Å². The molecule has 0 aliphatic heterocycles. The predicted molar refractivity (Wildman–Crippen MR) is 42.9 cm³/mol. The van der Waals surface area contributed by atoms with Gasteiger partial charge in [0.25, 0.3) is 0 Å². The number of pyridine rings is 1. The molecule has 0 aliphatic carbocycles. The highest BCUT2D eigenvalue weighted by atomic mass is 79.9. The molecule has 0 saturated heterocycles. The zero-order chi connectivity index (χ0) is 6.97. The molecule has 10 heavy (non-hydrogen) atoms. The lowest BCUT2D eigenvalue weighted by Crippen LogP contribution is -1.78. The summed E-state index contributed by atoms with van der Waals surface area (Å²) in [5.74, 6) is 0. The lowest BCUT2D eigenvalue weighted by Gasteiger charge is -1.91. The predicted octanol–water partition coefficient (Wildman–Crippen LogP) is 2.10. The van der Waals surface area contributed by atoms with Crippen LogP contribution in [0.2, 0.25) is 0 Å². The molecule has 0 radical (unpaired) electrons. The summed E-state index contributed by atoms with van der Waals surface area (Å²) < 4.78 is 3.03. The molecule has 0 aromatic carbocycles. The van der Waals surface area contributed by atoms with Gasteiger partial charge in [-0.3, -0.25) is 0 Å². The van der Waals surface area contributed by atoms with E-state index in [-0.39, 0.29) is 0 Å². The van der Waals surface area contributed by atoms with E-state index in [1.165, 1.54) is 0 Å². The summed E-state index contributed by atoms with van der Waals surface area (Å²) in [6.45, 7) is 0. The molecule has 2 heterocycles. The van der Waals surface area contributed by atoms with E-state index in [9.17, 15) is 0 Å². The summed E-state index contributed by atoms with van der Waals surface area (Å²) in [5, 5.41) is 0. The summed E-state index contributed by atoms with van der Waals surface area (Å²) >= 11 is 3.37. The van der Waals surface area contributed by atoms with E-state index >= 15 is 0 Å². The number of fused-ring (bicyclic) bond motifs is 1. The molecule has 0 unspecified atom stereocenters. The minimum atomic E-state index is 1.07. The minimum Gasteiger partial charge on any atom is -0.305 e. The number of aromatic nitrogens is 2. The van der Waals surface area contributed by atoms with Crippen LogP contribution < -0.4 is 0 Å². The van der Waals surface area contributed by atoms with Crippen molar-refractivity contribution in [2.75, 3.05) is 0 Å². The van der Waals surface area contributed by atoms with Crippen molar-refractivity contribution in [1.29, 1.82) is 0 Å². The third kappa shape index (κ3) is 0.827. The third-order valence-electron chi connectivity index (χ3n) is 1.37. The number of halogens is 1. The topological polar surface area (TPSA) is 17.3 Å². The van der Waals surface area contributed by atoms with Gasteiger partial charge in [-0.1, -0.05) is 0 Å². The highest BCUT2D eigenvalue weighted by Crippen LogP contribution is 2.10. The average molecular weight is 197 g/mol. The molecule has 0 bridgehead atoms. The van der Waals surface area contributed by atoms with Crippen LogP contribution in [-0.4, -0.2) is 9.38 Å².